The van der Waals surface area contributed by atoms with Crippen LogP contribution in [0.2, 0.25) is 5.02 Å². The second kappa shape index (κ2) is 5.24. The maximum absolute atomic E-state index is 12.5. The minimum atomic E-state index is -0.931. The average molecular weight is 343 g/mol. The molecule has 1 aliphatic carbocycles. The fourth-order valence-corrected chi connectivity index (χ4v) is 3.91. The number of benzene rings is 1. The summed E-state index contributed by atoms with van der Waals surface area (Å²) in [7, 11) is 0. The van der Waals surface area contributed by atoms with Crippen LogP contribution in [0.5, 0.6) is 0 Å². The fourth-order valence-electron chi connectivity index (χ4n) is 3.74. The highest BCUT2D eigenvalue weighted by Crippen LogP contribution is 2.43. The Labute approximate surface area is 143 Å². The van der Waals surface area contributed by atoms with Crippen LogP contribution in [0, 0.1) is 6.92 Å². The van der Waals surface area contributed by atoms with Gasteiger partial charge in [-0.05, 0) is 49.5 Å². The van der Waals surface area contributed by atoms with Gasteiger partial charge in [-0.25, -0.2) is 4.79 Å². The molecule has 4 rings (SSSR count). The predicted molar refractivity (Wildman–Crippen MR) is 92.3 cm³/mol. The molecule has 0 saturated heterocycles. The van der Waals surface area contributed by atoms with Crippen molar-refractivity contribution >= 4 is 40.3 Å². The summed E-state index contributed by atoms with van der Waals surface area (Å²) in [5, 5.41) is 12.9. The monoisotopic (exact) mass is 342 g/mol. The first kappa shape index (κ1) is 15.0. The summed E-state index contributed by atoms with van der Waals surface area (Å²) in [4.78, 5) is 27.3. The number of aromatic amines is 1. The van der Waals surface area contributed by atoms with Gasteiger partial charge in [0.05, 0.1) is 16.8 Å². The van der Waals surface area contributed by atoms with E-state index >= 15 is 0 Å². The van der Waals surface area contributed by atoms with Crippen LogP contribution in [0.3, 0.4) is 0 Å². The minimum absolute atomic E-state index is 0.167. The first-order valence-corrected chi connectivity index (χ1v) is 8.14. The van der Waals surface area contributed by atoms with Crippen LogP contribution >= 0.6 is 11.6 Å². The van der Waals surface area contributed by atoms with Gasteiger partial charge < -0.3 is 15.4 Å². The molecule has 2 aromatic rings. The molecule has 3 N–H and O–H groups in total. The van der Waals surface area contributed by atoms with Crippen molar-refractivity contribution in [3.63, 3.8) is 0 Å². The number of allylic oxidation sites excluding steroid dienone is 1. The highest BCUT2D eigenvalue weighted by Gasteiger charge is 2.32. The van der Waals surface area contributed by atoms with E-state index in [0.29, 0.717) is 34.0 Å². The van der Waals surface area contributed by atoms with Gasteiger partial charge >= 0.3 is 5.97 Å². The SMILES string of the molecule is Cc1[nH]c2c(c1C(=O)O)CCCC2=C1C(=O)Nc2cc(Cl)ccc21. The van der Waals surface area contributed by atoms with E-state index in [2.05, 4.69) is 10.3 Å². The van der Waals surface area contributed by atoms with Crippen molar-refractivity contribution in [3.8, 4) is 0 Å². The Bertz CT molecular complexity index is 940. The number of carboxylic acids is 1. The molecule has 1 aromatic carbocycles. The summed E-state index contributed by atoms with van der Waals surface area (Å²) in [5.74, 6) is -1.10. The molecule has 0 bridgehead atoms. The Balaban J connectivity index is 1.97. The third-order valence-electron chi connectivity index (χ3n) is 4.69. The first-order chi connectivity index (χ1) is 11.5. The largest absolute Gasteiger partial charge is 0.478 e. The van der Waals surface area contributed by atoms with Gasteiger partial charge in [0.2, 0.25) is 0 Å². The number of halogens is 1. The van der Waals surface area contributed by atoms with Crippen LogP contribution in [-0.2, 0) is 11.2 Å². The number of H-pyrrole nitrogens is 1. The zero-order chi connectivity index (χ0) is 17.0. The lowest BCUT2D eigenvalue weighted by Crippen LogP contribution is -2.10. The zero-order valence-electron chi connectivity index (χ0n) is 13.0. The predicted octanol–water partition coefficient (Wildman–Crippen LogP) is 3.87. The van der Waals surface area contributed by atoms with Gasteiger partial charge in [-0.2, -0.15) is 0 Å². The molecule has 1 aliphatic heterocycles. The van der Waals surface area contributed by atoms with E-state index in [9.17, 15) is 14.7 Å². The number of rotatable bonds is 1. The number of amides is 1. The molecule has 5 nitrogen and oxygen atoms in total. The van der Waals surface area contributed by atoms with Crippen LogP contribution in [-0.4, -0.2) is 22.0 Å². The quantitative estimate of drug-likeness (QED) is 0.688. The number of fused-ring (bicyclic) bond motifs is 2. The lowest BCUT2D eigenvalue weighted by Gasteiger charge is -2.18. The number of carbonyl (C=O) groups excluding carboxylic acids is 1. The molecule has 0 spiro atoms. The molecule has 0 radical (unpaired) electrons. The van der Waals surface area contributed by atoms with E-state index in [1.54, 1.807) is 19.1 Å². The Morgan fingerprint density at radius 3 is 2.83 bits per heavy atom. The van der Waals surface area contributed by atoms with Crippen molar-refractivity contribution in [1.82, 2.24) is 4.98 Å². The van der Waals surface area contributed by atoms with E-state index in [-0.39, 0.29) is 5.91 Å². The Morgan fingerprint density at radius 2 is 2.08 bits per heavy atom. The summed E-state index contributed by atoms with van der Waals surface area (Å²) in [6.07, 6.45) is 2.25. The van der Waals surface area contributed by atoms with Crippen molar-refractivity contribution in [2.45, 2.75) is 26.2 Å². The number of carboxylic acid groups (broad SMARTS) is 1. The van der Waals surface area contributed by atoms with Crippen molar-refractivity contribution in [2.24, 2.45) is 0 Å². The number of hydrogen-bond donors (Lipinski definition) is 3. The number of aromatic carboxylic acids is 1. The van der Waals surface area contributed by atoms with Crippen LogP contribution in [0.1, 0.15) is 45.7 Å². The van der Waals surface area contributed by atoms with E-state index < -0.39 is 5.97 Å². The summed E-state index contributed by atoms with van der Waals surface area (Å²) >= 11 is 6.01. The van der Waals surface area contributed by atoms with Gasteiger partial charge in [-0.15, -0.1) is 0 Å². The fraction of sp³-hybridized carbons (Fsp3) is 0.222. The summed E-state index contributed by atoms with van der Waals surface area (Å²) in [6, 6.07) is 5.32. The maximum atomic E-state index is 12.5. The van der Waals surface area contributed by atoms with Crippen molar-refractivity contribution in [3.05, 3.63) is 51.3 Å². The summed E-state index contributed by atoms with van der Waals surface area (Å²) < 4.78 is 0. The molecule has 0 unspecified atom stereocenters. The Kier molecular flexibility index (Phi) is 3.28. The minimum Gasteiger partial charge on any atom is -0.478 e. The lowest BCUT2D eigenvalue weighted by atomic mass is 9.86. The number of carbonyl (C=O) groups is 2. The molecule has 0 atom stereocenters. The number of aromatic nitrogens is 1. The smallest absolute Gasteiger partial charge is 0.337 e. The topological polar surface area (TPSA) is 82.2 Å². The molecule has 2 heterocycles. The van der Waals surface area contributed by atoms with E-state index in [4.69, 9.17) is 11.6 Å². The van der Waals surface area contributed by atoms with Gasteiger partial charge in [0.25, 0.3) is 5.91 Å². The molecule has 24 heavy (non-hydrogen) atoms. The van der Waals surface area contributed by atoms with Crippen molar-refractivity contribution in [1.29, 1.82) is 0 Å². The van der Waals surface area contributed by atoms with Gasteiger partial charge in [-0.3, -0.25) is 4.79 Å². The number of nitrogens with one attached hydrogen (secondary N) is 2. The van der Waals surface area contributed by atoms with E-state index in [1.807, 2.05) is 6.07 Å². The summed E-state index contributed by atoms with van der Waals surface area (Å²) in [6.45, 7) is 1.76. The maximum Gasteiger partial charge on any atom is 0.337 e. The summed E-state index contributed by atoms with van der Waals surface area (Å²) in [5.41, 5.74) is 5.54. The van der Waals surface area contributed by atoms with Crippen LogP contribution in [0.4, 0.5) is 5.69 Å². The van der Waals surface area contributed by atoms with Gasteiger partial charge in [0.15, 0.2) is 0 Å². The highest BCUT2D eigenvalue weighted by atomic mass is 35.5. The molecule has 6 heteroatoms. The molecule has 122 valence electrons. The third kappa shape index (κ3) is 2.08. The molecular formula is C18H15ClN2O3. The van der Waals surface area contributed by atoms with Gasteiger partial charge in [-0.1, -0.05) is 17.7 Å². The molecule has 2 aliphatic rings. The van der Waals surface area contributed by atoms with Crippen molar-refractivity contribution < 1.29 is 14.7 Å². The average Bonchev–Trinajstić information content (AvgIpc) is 3.01. The van der Waals surface area contributed by atoms with Crippen LogP contribution in [0.15, 0.2) is 18.2 Å². The molecule has 0 saturated carbocycles. The normalized spacial score (nSPS) is 19.0. The highest BCUT2D eigenvalue weighted by molar-refractivity contribution is 6.38. The van der Waals surface area contributed by atoms with E-state index in [0.717, 1.165) is 35.2 Å². The standard InChI is InChI=1S/C18H15ClN2O3/c1-8-14(18(23)24)11-3-2-4-12(16(11)20-8)15-10-6-5-9(19)7-13(10)21-17(15)22/h5-7,20H,2-4H2,1H3,(H,21,22)(H,23,24). The number of anilines is 1. The molecule has 1 aromatic heterocycles. The third-order valence-corrected chi connectivity index (χ3v) is 4.92. The second-order valence-corrected chi connectivity index (χ2v) is 6.57. The van der Waals surface area contributed by atoms with Gasteiger partial charge in [0.1, 0.15) is 0 Å². The molecule has 0 fully saturated rings. The Morgan fingerprint density at radius 1 is 1.29 bits per heavy atom. The zero-order valence-corrected chi connectivity index (χ0v) is 13.8. The molecule has 1 amide bonds. The second-order valence-electron chi connectivity index (χ2n) is 6.13. The Hall–Kier alpha value is -2.53. The number of hydrogen-bond acceptors (Lipinski definition) is 2. The number of aryl methyl sites for hydroxylation is 1. The van der Waals surface area contributed by atoms with Crippen LogP contribution in [0.25, 0.3) is 11.1 Å². The van der Waals surface area contributed by atoms with E-state index in [1.165, 1.54) is 0 Å². The first-order valence-electron chi connectivity index (χ1n) is 7.77. The van der Waals surface area contributed by atoms with Crippen LogP contribution < -0.4 is 5.32 Å². The molecular weight excluding hydrogens is 328 g/mol. The van der Waals surface area contributed by atoms with Gasteiger partial charge in [0, 0.05) is 22.0 Å². The lowest BCUT2D eigenvalue weighted by molar-refractivity contribution is -0.110. The van der Waals surface area contributed by atoms with Crippen molar-refractivity contribution in [2.75, 3.05) is 5.32 Å².